The minimum absolute atomic E-state index is 0.213. The first-order valence-corrected chi connectivity index (χ1v) is 8.02. The zero-order chi connectivity index (χ0) is 18.3. The van der Waals surface area contributed by atoms with Gasteiger partial charge in [0.1, 0.15) is 0 Å². The normalized spacial score (nSPS) is 18.7. The van der Waals surface area contributed by atoms with E-state index in [1.807, 2.05) is 0 Å². The van der Waals surface area contributed by atoms with E-state index >= 15 is 0 Å². The van der Waals surface area contributed by atoms with Crippen LogP contribution in [-0.4, -0.2) is 36.5 Å². The number of anilines is 1. The van der Waals surface area contributed by atoms with Gasteiger partial charge in [-0.05, 0) is 36.4 Å². The lowest BCUT2D eigenvalue weighted by Gasteiger charge is -2.14. The molecule has 0 aromatic heterocycles. The van der Waals surface area contributed by atoms with Crippen LogP contribution in [0.15, 0.2) is 48.5 Å². The van der Waals surface area contributed by atoms with E-state index in [-0.39, 0.29) is 12.2 Å². The summed E-state index contributed by atoms with van der Waals surface area (Å²) in [6.07, 6.45) is -0.559. The van der Waals surface area contributed by atoms with E-state index < -0.39 is 29.9 Å². The van der Waals surface area contributed by atoms with Crippen molar-refractivity contribution >= 4 is 29.4 Å². The molecule has 0 aliphatic carbocycles. The van der Waals surface area contributed by atoms with Gasteiger partial charge in [0.2, 0.25) is 6.10 Å². The van der Waals surface area contributed by atoms with Crippen LogP contribution in [-0.2, 0) is 14.3 Å². The molecule has 2 aromatic rings. The highest BCUT2D eigenvalue weighted by Crippen LogP contribution is 2.28. The van der Waals surface area contributed by atoms with E-state index in [0.717, 1.165) is 4.90 Å². The smallest absolute Gasteiger partial charge is 0.347 e. The molecule has 2 aliphatic rings. The van der Waals surface area contributed by atoms with Crippen molar-refractivity contribution in [1.82, 2.24) is 0 Å². The van der Waals surface area contributed by atoms with Gasteiger partial charge in [-0.2, -0.15) is 0 Å². The van der Waals surface area contributed by atoms with Crippen molar-refractivity contribution < 1.29 is 28.7 Å². The third kappa shape index (κ3) is 2.54. The van der Waals surface area contributed by atoms with Crippen molar-refractivity contribution in [2.45, 2.75) is 12.5 Å². The highest BCUT2D eigenvalue weighted by molar-refractivity contribution is 6.34. The summed E-state index contributed by atoms with van der Waals surface area (Å²) in [5, 5.41) is 0. The summed E-state index contributed by atoms with van der Waals surface area (Å²) in [6.45, 7) is 0.232. The lowest BCUT2D eigenvalue weighted by Crippen LogP contribution is -2.29. The van der Waals surface area contributed by atoms with Gasteiger partial charge in [-0.1, -0.05) is 12.1 Å². The maximum Gasteiger partial charge on any atom is 0.347 e. The summed E-state index contributed by atoms with van der Waals surface area (Å²) in [7, 11) is 0. The predicted octanol–water partition coefficient (Wildman–Crippen LogP) is 1.96. The summed E-state index contributed by atoms with van der Waals surface area (Å²) in [5.74, 6) is -2.03. The fraction of sp³-hybridized carbons (Fsp3) is 0.158. The molecule has 0 bridgehead atoms. The highest BCUT2D eigenvalue weighted by atomic mass is 16.6. The fourth-order valence-electron chi connectivity index (χ4n) is 2.95. The molecule has 1 saturated heterocycles. The van der Waals surface area contributed by atoms with Gasteiger partial charge in [-0.15, -0.1) is 0 Å². The zero-order valence-electron chi connectivity index (χ0n) is 13.5. The van der Waals surface area contributed by atoms with E-state index in [4.69, 9.17) is 9.47 Å². The first-order chi connectivity index (χ1) is 12.6. The quantitative estimate of drug-likeness (QED) is 0.620. The Bertz CT molecular complexity index is 898. The number of benzene rings is 2. The van der Waals surface area contributed by atoms with Crippen LogP contribution in [0.5, 0.6) is 0 Å². The molecule has 0 N–H and O–H groups in total. The molecule has 130 valence electrons. The number of hydrogen-bond donors (Lipinski definition) is 0. The van der Waals surface area contributed by atoms with Crippen LogP contribution in [0.1, 0.15) is 37.5 Å². The maximum atomic E-state index is 12.5. The van der Waals surface area contributed by atoms with E-state index in [9.17, 15) is 19.2 Å². The Balaban J connectivity index is 1.53. The average molecular weight is 351 g/mol. The van der Waals surface area contributed by atoms with Gasteiger partial charge in [0, 0.05) is 6.42 Å². The van der Waals surface area contributed by atoms with Gasteiger partial charge in [0.25, 0.3) is 11.8 Å². The number of hydrogen-bond acceptors (Lipinski definition) is 6. The standard InChI is InChI=1S/C19H13NO6/c21-16-13-3-1-2-4-14(13)17(22)20(16)12-7-5-11(6-8-12)18(23)26-15-9-10-25-19(15)24/h1-8,15H,9-10H2/t15-/m1/s1. The van der Waals surface area contributed by atoms with Crippen molar-refractivity contribution in [1.29, 1.82) is 0 Å². The Morgan fingerprint density at radius 3 is 2.12 bits per heavy atom. The number of esters is 2. The second kappa shape index (κ2) is 6.11. The number of carbonyl (C=O) groups is 4. The third-order valence-electron chi connectivity index (χ3n) is 4.29. The van der Waals surface area contributed by atoms with Gasteiger partial charge in [0.15, 0.2) is 0 Å². The largest absolute Gasteiger partial charge is 0.463 e. The molecule has 4 rings (SSSR count). The molecule has 0 unspecified atom stereocenters. The molecule has 26 heavy (non-hydrogen) atoms. The van der Waals surface area contributed by atoms with Crippen molar-refractivity contribution in [2.24, 2.45) is 0 Å². The van der Waals surface area contributed by atoms with E-state index in [1.165, 1.54) is 24.3 Å². The van der Waals surface area contributed by atoms with Gasteiger partial charge in [-0.3, -0.25) is 9.59 Å². The Labute approximate surface area is 148 Å². The molecule has 2 amide bonds. The Morgan fingerprint density at radius 1 is 0.962 bits per heavy atom. The second-order valence-electron chi connectivity index (χ2n) is 5.89. The fourth-order valence-corrected chi connectivity index (χ4v) is 2.95. The number of carbonyl (C=O) groups excluding carboxylic acids is 4. The van der Waals surface area contributed by atoms with Crippen LogP contribution in [0.25, 0.3) is 0 Å². The number of ether oxygens (including phenoxy) is 2. The lowest BCUT2D eigenvalue weighted by atomic mass is 10.1. The van der Waals surface area contributed by atoms with E-state index in [1.54, 1.807) is 24.3 Å². The second-order valence-corrected chi connectivity index (χ2v) is 5.89. The van der Waals surface area contributed by atoms with Gasteiger partial charge >= 0.3 is 11.9 Å². The van der Waals surface area contributed by atoms with Crippen molar-refractivity contribution in [3.05, 3.63) is 65.2 Å². The van der Waals surface area contributed by atoms with Gasteiger partial charge in [0.05, 0.1) is 29.0 Å². The molecule has 0 radical (unpaired) electrons. The van der Waals surface area contributed by atoms with Gasteiger partial charge in [-0.25, -0.2) is 14.5 Å². The molecule has 0 spiro atoms. The topological polar surface area (TPSA) is 90.0 Å². The monoisotopic (exact) mass is 351 g/mol. The number of amides is 2. The molecule has 7 heteroatoms. The summed E-state index contributed by atoms with van der Waals surface area (Å²) in [6, 6.07) is 12.5. The minimum atomic E-state index is -0.890. The molecule has 2 heterocycles. The van der Waals surface area contributed by atoms with Gasteiger partial charge < -0.3 is 9.47 Å². The number of imide groups is 1. The van der Waals surface area contributed by atoms with Crippen LogP contribution in [0.4, 0.5) is 5.69 Å². The Kier molecular flexibility index (Phi) is 3.76. The summed E-state index contributed by atoms with van der Waals surface area (Å²) in [5.41, 5.74) is 1.26. The van der Waals surface area contributed by atoms with Crippen LogP contribution in [0, 0.1) is 0 Å². The van der Waals surface area contributed by atoms with Crippen molar-refractivity contribution in [2.75, 3.05) is 11.5 Å². The molecular formula is C19H13NO6. The molecule has 0 saturated carbocycles. The third-order valence-corrected chi connectivity index (χ3v) is 4.29. The molecule has 2 aromatic carbocycles. The maximum absolute atomic E-state index is 12.5. The number of nitrogens with zero attached hydrogens (tertiary/aromatic N) is 1. The predicted molar refractivity (Wildman–Crippen MR) is 88.8 cm³/mol. The lowest BCUT2D eigenvalue weighted by molar-refractivity contribution is -0.145. The molecular weight excluding hydrogens is 338 g/mol. The minimum Gasteiger partial charge on any atom is -0.463 e. The highest BCUT2D eigenvalue weighted by Gasteiger charge is 2.36. The zero-order valence-corrected chi connectivity index (χ0v) is 13.5. The first kappa shape index (κ1) is 16.0. The number of cyclic esters (lactones) is 1. The average Bonchev–Trinajstić information content (AvgIpc) is 3.17. The van der Waals surface area contributed by atoms with Crippen LogP contribution < -0.4 is 4.90 Å². The Morgan fingerprint density at radius 2 is 1.58 bits per heavy atom. The van der Waals surface area contributed by atoms with Crippen LogP contribution in [0.2, 0.25) is 0 Å². The van der Waals surface area contributed by atoms with Crippen LogP contribution >= 0.6 is 0 Å². The van der Waals surface area contributed by atoms with Crippen molar-refractivity contribution in [3.63, 3.8) is 0 Å². The molecule has 1 fully saturated rings. The molecule has 2 aliphatic heterocycles. The molecule has 7 nitrogen and oxygen atoms in total. The van der Waals surface area contributed by atoms with Crippen LogP contribution in [0.3, 0.4) is 0 Å². The molecule has 1 atom stereocenters. The number of fused-ring (bicyclic) bond motifs is 1. The van der Waals surface area contributed by atoms with E-state index in [2.05, 4.69) is 0 Å². The van der Waals surface area contributed by atoms with E-state index in [0.29, 0.717) is 23.2 Å². The first-order valence-electron chi connectivity index (χ1n) is 8.02. The summed E-state index contributed by atoms with van der Waals surface area (Å²) >= 11 is 0. The van der Waals surface area contributed by atoms with Crippen molar-refractivity contribution in [3.8, 4) is 0 Å². The summed E-state index contributed by atoms with van der Waals surface area (Å²) in [4.78, 5) is 49.4. The Hall–Kier alpha value is -3.48. The SMILES string of the molecule is O=C(O[C@@H]1CCOC1=O)c1ccc(N2C(=O)c3ccccc3C2=O)cc1. The summed E-state index contributed by atoms with van der Waals surface area (Å²) < 4.78 is 9.85. The number of rotatable bonds is 3.